The molecule has 166 valence electrons. The summed E-state index contributed by atoms with van der Waals surface area (Å²) in [6, 6.07) is 31.3. The first-order valence-electron chi connectivity index (χ1n) is 10.9. The third-order valence-corrected chi connectivity index (χ3v) is 8.06. The molecule has 0 amide bonds. The van der Waals surface area contributed by atoms with Crippen molar-refractivity contribution in [1.82, 2.24) is 0 Å². The van der Waals surface area contributed by atoms with Gasteiger partial charge in [0.15, 0.2) is 0 Å². The average Bonchev–Trinajstić information content (AvgIpc) is 3.25. The molecule has 5 heteroatoms. The largest absolute Gasteiger partial charge is 0.265 e. The molecule has 0 bridgehead atoms. The van der Waals surface area contributed by atoms with Crippen LogP contribution in [0.4, 0.5) is 10.1 Å². The van der Waals surface area contributed by atoms with E-state index < -0.39 is 22.1 Å². The molecule has 1 heterocycles. The molecule has 0 aliphatic carbocycles. The lowest BCUT2D eigenvalue weighted by atomic mass is 9.91. The first-order valence-corrected chi connectivity index (χ1v) is 12.4. The van der Waals surface area contributed by atoms with Crippen LogP contribution in [-0.2, 0) is 10.0 Å². The van der Waals surface area contributed by atoms with Gasteiger partial charge in [0.2, 0.25) is 0 Å². The second kappa shape index (κ2) is 8.49. The van der Waals surface area contributed by atoms with Crippen molar-refractivity contribution in [1.29, 1.82) is 0 Å². The molecule has 4 aromatic carbocycles. The summed E-state index contributed by atoms with van der Waals surface area (Å²) in [7, 11) is -3.79. The zero-order chi connectivity index (χ0) is 23.0. The van der Waals surface area contributed by atoms with Crippen molar-refractivity contribution in [3.8, 4) is 11.1 Å². The van der Waals surface area contributed by atoms with E-state index in [0.29, 0.717) is 16.8 Å². The SMILES string of the molecule is Cc1ccc(S(=O)(=O)N2CC(C(F)c3ccc(-c4ccccc4)cc3)c3ccccc32)cc1. The Bertz CT molecular complexity index is 1370. The van der Waals surface area contributed by atoms with Crippen molar-refractivity contribution in [2.24, 2.45) is 0 Å². The normalized spacial score (nSPS) is 16.4. The highest BCUT2D eigenvalue weighted by molar-refractivity contribution is 7.92. The number of anilines is 1. The van der Waals surface area contributed by atoms with Gasteiger partial charge in [0, 0.05) is 12.5 Å². The molecule has 0 spiro atoms. The zero-order valence-electron chi connectivity index (χ0n) is 18.2. The molecule has 5 rings (SSSR count). The Balaban J connectivity index is 1.46. The first-order chi connectivity index (χ1) is 15.9. The standard InChI is InChI=1S/C28H24FNO2S/c1-20-11-17-24(18-12-20)33(31,32)30-19-26(25-9-5-6-10-27(25)30)28(29)23-15-13-22(14-16-23)21-7-3-2-4-8-21/h2-18,26,28H,19H2,1H3. The summed E-state index contributed by atoms with van der Waals surface area (Å²) in [6.07, 6.45) is -1.32. The molecule has 0 fully saturated rings. The number of para-hydroxylation sites is 1. The van der Waals surface area contributed by atoms with E-state index in [1.54, 1.807) is 48.5 Å². The molecule has 0 aromatic heterocycles. The number of benzene rings is 4. The summed E-state index contributed by atoms with van der Waals surface area (Å²) < 4.78 is 44.0. The molecular weight excluding hydrogens is 433 g/mol. The Morgan fingerprint density at radius 3 is 2.09 bits per heavy atom. The van der Waals surface area contributed by atoms with Gasteiger partial charge < -0.3 is 0 Å². The predicted octanol–water partition coefficient (Wildman–Crippen LogP) is 6.67. The highest BCUT2D eigenvalue weighted by Crippen LogP contribution is 2.46. The van der Waals surface area contributed by atoms with Crippen molar-refractivity contribution in [2.75, 3.05) is 10.8 Å². The Morgan fingerprint density at radius 1 is 0.788 bits per heavy atom. The fourth-order valence-electron chi connectivity index (χ4n) is 4.44. The maximum atomic E-state index is 15.8. The van der Waals surface area contributed by atoms with E-state index in [4.69, 9.17) is 0 Å². The van der Waals surface area contributed by atoms with Gasteiger partial charge in [-0.15, -0.1) is 0 Å². The Kier molecular flexibility index (Phi) is 5.51. The number of rotatable bonds is 5. The van der Waals surface area contributed by atoms with Gasteiger partial charge >= 0.3 is 0 Å². The molecule has 1 aliphatic heterocycles. The van der Waals surface area contributed by atoms with Crippen LogP contribution in [0.2, 0.25) is 0 Å². The van der Waals surface area contributed by atoms with Gasteiger partial charge in [-0.3, -0.25) is 4.31 Å². The second-order valence-electron chi connectivity index (χ2n) is 8.40. The highest BCUT2D eigenvalue weighted by Gasteiger charge is 2.40. The quantitative estimate of drug-likeness (QED) is 0.336. The summed E-state index contributed by atoms with van der Waals surface area (Å²) in [4.78, 5) is 0.214. The topological polar surface area (TPSA) is 37.4 Å². The van der Waals surface area contributed by atoms with Crippen molar-refractivity contribution >= 4 is 15.7 Å². The molecule has 2 unspecified atom stereocenters. The highest BCUT2D eigenvalue weighted by atomic mass is 32.2. The van der Waals surface area contributed by atoms with Crippen LogP contribution in [-0.4, -0.2) is 15.0 Å². The molecule has 3 nitrogen and oxygen atoms in total. The number of aryl methyl sites for hydroxylation is 1. The number of nitrogens with zero attached hydrogens (tertiary/aromatic N) is 1. The summed E-state index contributed by atoms with van der Waals surface area (Å²) in [5, 5.41) is 0. The van der Waals surface area contributed by atoms with E-state index in [-0.39, 0.29) is 11.4 Å². The van der Waals surface area contributed by atoms with Crippen LogP contribution in [0.15, 0.2) is 108 Å². The van der Waals surface area contributed by atoms with E-state index in [1.807, 2.05) is 61.5 Å². The van der Waals surface area contributed by atoms with E-state index in [1.165, 1.54) is 4.31 Å². The predicted molar refractivity (Wildman–Crippen MR) is 131 cm³/mol. The Morgan fingerprint density at radius 2 is 1.39 bits per heavy atom. The summed E-state index contributed by atoms with van der Waals surface area (Å²) in [5.41, 5.74) is 4.88. The summed E-state index contributed by atoms with van der Waals surface area (Å²) >= 11 is 0. The molecule has 4 aromatic rings. The van der Waals surface area contributed by atoms with Crippen LogP contribution in [0.5, 0.6) is 0 Å². The minimum Gasteiger partial charge on any atom is -0.265 e. The van der Waals surface area contributed by atoms with Crippen molar-refractivity contribution < 1.29 is 12.8 Å². The molecule has 0 radical (unpaired) electrons. The van der Waals surface area contributed by atoms with E-state index in [0.717, 1.165) is 16.7 Å². The van der Waals surface area contributed by atoms with E-state index in [2.05, 4.69) is 0 Å². The maximum absolute atomic E-state index is 15.8. The molecular formula is C28H24FNO2S. The van der Waals surface area contributed by atoms with E-state index in [9.17, 15) is 8.42 Å². The molecule has 2 atom stereocenters. The molecule has 0 saturated heterocycles. The lowest BCUT2D eigenvalue weighted by molar-refractivity contribution is 0.297. The van der Waals surface area contributed by atoms with Gasteiger partial charge in [0.1, 0.15) is 6.17 Å². The smallest absolute Gasteiger partial charge is 0.264 e. The molecule has 0 saturated carbocycles. The third kappa shape index (κ3) is 3.93. The Labute approximate surface area is 194 Å². The van der Waals surface area contributed by atoms with Gasteiger partial charge in [0.25, 0.3) is 10.0 Å². The van der Waals surface area contributed by atoms with Crippen molar-refractivity contribution in [2.45, 2.75) is 23.9 Å². The van der Waals surface area contributed by atoms with Gasteiger partial charge in [0.05, 0.1) is 10.6 Å². The number of fused-ring (bicyclic) bond motifs is 1. The summed E-state index contributed by atoms with van der Waals surface area (Å²) in [5.74, 6) is -0.580. The number of alkyl halides is 1. The maximum Gasteiger partial charge on any atom is 0.264 e. The second-order valence-corrected chi connectivity index (χ2v) is 10.3. The zero-order valence-corrected chi connectivity index (χ0v) is 19.0. The van der Waals surface area contributed by atoms with Gasteiger partial charge in [-0.1, -0.05) is 90.5 Å². The van der Waals surface area contributed by atoms with Crippen LogP contribution in [0, 0.1) is 6.92 Å². The van der Waals surface area contributed by atoms with Crippen molar-refractivity contribution in [3.63, 3.8) is 0 Å². The fraction of sp³-hybridized carbons (Fsp3) is 0.143. The molecule has 1 aliphatic rings. The first kappa shape index (κ1) is 21.4. The third-order valence-electron chi connectivity index (χ3n) is 6.27. The minimum absolute atomic E-state index is 0.0666. The minimum atomic E-state index is -3.79. The van der Waals surface area contributed by atoms with Gasteiger partial charge in [-0.05, 0) is 47.4 Å². The lowest BCUT2D eigenvalue weighted by Crippen LogP contribution is -2.30. The van der Waals surface area contributed by atoms with Crippen LogP contribution in [0.25, 0.3) is 11.1 Å². The van der Waals surface area contributed by atoms with Gasteiger partial charge in [-0.2, -0.15) is 0 Å². The van der Waals surface area contributed by atoms with Crippen LogP contribution in [0.3, 0.4) is 0 Å². The molecule has 33 heavy (non-hydrogen) atoms. The monoisotopic (exact) mass is 457 g/mol. The van der Waals surface area contributed by atoms with Crippen LogP contribution >= 0.6 is 0 Å². The molecule has 0 N–H and O–H groups in total. The van der Waals surface area contributed by atoms with Crippen LogP contribution < -0.4 is 4.31 Å². The Hall–Kier alpha value is -3.44. The summed E-state index contributed by atoms with van der Waals surface area (Å²) in [6.45, 7) is 1.98. The van der Waals surface area contributed by atoms with Gasteiger partial charge in [-0.25, -0.2) is 12.8 Å². The number of halogens is 1. The van der Waals surface area contributed by atoms with Crippen molar-refractivity contribution in [3.05, 3.63) is 120 Å². The average molecular weight is 458 g/mol. The number of sulfonamides is 1. The lowest BCUT2D eigenvalue weighted by Gasteiger charge is -2.21. The van der Waals surface area contributed by atoms with E-state index >= 15 is 4.39 Å². The fourth-order valence-corrected chi connectivity index (χ4v) is 5.96. The number of hydrogen-bond donors (Lipinski definition) is 0. The number of hydrogen-bond acceptors (Lipinski definition) is 2. The van der Waals surface area contributed by atoms with Crippen LogP contribution in [0.1, 0.15) is 28.8 Å².